The van der Waals surface area contributed by atoms with Crippen molar-refractivity contribution in [1.29, 1.82) is 5.26 Å². The van der Waals surface area contributed by atoms with E-state index in [1.54, 1.807) is 24.3 Å². The van der Waals surface area contributed by atoms with Gasteiger partial charge in [0.05, 0.1) is 11.2 Å². The van der Waals surface area contributed by atoms with Crippen molar-refractivity contribution in [2.24, 2.45) is 5.41 Å². The van der Waals surface area contributed by atoms with E-state index in [1.807, 2.05) is 0 Å². The molecule has 1 saturated carbocycles. The van der Waals surface area contributed by atoms with Crippen LogP contribution in [0.1, 0.15) is 44.1 Å². The zero-order valence-corrected chi connectivity index (χ0v) is 23.7. The molecule has 0 amide bonds. The van der Waals surface area contributed by atoms with Gasteiger partial charge in [0, 0.05) is 42.4 Å². The number of hydrogen-bond donors (Lipinski definition) is 1. The third kappa shape index (κ3) is 4.14. The fraction of sp³-hybridized carbons (Fsp3) is 0.412. The summed E-state index contributed by atoms with van der Waals surface area (Å²) >= 11 is 0. The van der Waals surface area contributed by atoms with E-state index in [-0.39, 0.29) is 51.2 Å². The Kier molecular flexibility index (Phi) is 5.86. The van der Waals surface area contributed by atoms with E-state index < -0.39 is 23.3 Å². The van der Waals surface area contributed by atoms with Crippen LogP contribution in [0.15, 0.2) is 42.5 Å². The summed E-state index contributed by atoms with van der Waals surface area (Å²) in [7, 11) is 0. The van der Waals surface area contributed by atoms with Gasteiger partial charge >= 0.3 is 0 Å². The quantitative estimate of drug-likeness (QED) is 0.277. The number of alkyl halides is 1. The fourth-order valence-electron chi connectivity index (χ4n) is 7.94. The Balaban J connectivity index is 1.30. The first-order valence-electron chi connectivity index (χ1n) is 15.0. The van der Waals surface area contributed by atoms with E-state index >= 15 is 8.78 Å². The van der Waals surface area contributed by atoms with Crippen molar-refractivity contribution in [2.45, 2.75) is 50.2 Å². The van der Waals surface area contributed by atoms with Gasteiger partial charge in [0.15, 0.2) is 5.82 Å². The molecule has 4 fully saturated rings. The van der Waals surface area contributed by atoms with Crippen LogP contribution in [-0.2, 0) is 0 Å². The van der Waals surface area contributed by atoms with Gasteiger partial charge < -0.3 is 14.7 Å². The number of rotatable bonds is 5. The first kappa shape index (κ1) is 26.6. The zero-order chi connectivity index (χ0) is 29.5. The third-order valence-corrected chi connectivity index (χ3v) is 10.3. The van der Waals surface area contributed by atoms with Gasteiger partial charge in [-0.1, -0.05) is 18.2 Å². The molecule has 1 N–H and O–H groups in total. The molecule has 4 heterocycles. The minimum Gasteiger partial charge on any atom is -0.508 e. The lowest BCUT2D eigenvalue weighted by Gasteiger charge is -2.31. The maximum atomic E-state index is 16.7. The van der Waals surface area contributed by atoms with Gasteiger partial charge in [0.25, 0.3) is 0 Å². The molecule has 3 saturated heterocycles. The van der Waals surface area contributed by atoms with Gasteiger partial charge in [0.1, 0.15) is 41.5 Å². The average Bonchev–Trinajstić information content (AvgIpc) is 3.27. The molecule has 0 radical (unpaired) electrons. The third-order valence-electron chi connectivity index (χ3n) is 10.3. The van der Waals surface area contributed by atoms with Crippen LogP contribution in [0.3, 0.4) is 0 Å². The minimum atomic E-state index is -0.934. The van der Waals surface area contributed by atoms with Crippen LogP contribution < -0.4 is 9.64 Å². The van der Waals surface area contributed by atoms with Crippen molar-refractivity contribution < 1.29 is 23.0 Å². The first-order chi connectivity index (χ1) is 20.8. The largest absolute Gasteiger partial charge is 0.508 e. The van der Waals surface area contributed by atoms with E-state index in [0.717, 1.165) is 51.7 Å². The minimum absolute atomic E-state index is 0.0154. The molecule has 1 spiro atoms. The molecule has 2 atom stereocenters. The number of hydrogen-bond acceptors (Lipinski definition) is 6. The Morgan fingerprint density at radius 2 is 1.93 bits per heavy atom. The summed E-state index contributed by atoms with van der Waals surface area (Å²) in [5.74, 6) is -1.29. The Morgan fingerprint density at radius 1 is 1.07 bits per heavy atom. The van der Waals surface area contributed by atoms with Crippen molar-refractivity contribution in [1.82, 2.24) is 9.88 Å². The Bertz CT molecular complexity index is 1850. The molecule has 4 aromatic rings. The lowest BCUT2D eigenvalue weighted by molar-refractivity contribution is 0.110. The molecule has 220 valence electrons. The number of phenols is 1. The van der Waals surface area contributed by atoms with Gasteiger partial charge in [0.2, 0.25) is 5.88 Å². The Morgan fingerprint density at radius 3 is 2.72 bits per heavy atom. The molecular weight excluding hydrogens is 553 g/mol. The molecule has 0 bridgehead atoms. The second-order valence-corrected chi connectivity index (χ2v) is 12.9. The topological polar surface area (TPSA) is 72.6 Å². The molecule has 6 nitrogen and oxygen atoms in total. The van der Waals surface area contributed by atoms with Crippen molar-refractivity contribution in [2.75, 3.05) is 37.7 Å². The van der Waals surface area contributed by atoms with Crippen LogP contribution in [-0.4, -0.2) is 59.5 Å². The fourth-order valence-corrected chi connectivity index (χ4v) is 7.94. The van der Waals surface area contributed by atoms with Crippen molar-refractivity contribution >= 4 is 27.4 Å². The molecule has 3 aliphatic heterocycles. The zero-order valence-electron chi connectivity index (χ0n) is 23.7. The van der Waals surface area contributed by atoms with Gasteiger partial charge in [-0.25, -0.2) is 18.2 Å². The van der Waals surface area contributed by atoms with Crippen LogP contribution in [0.25, 0.3) is 32.8 Å². The SMILES string of the molecule is N#Cc1c(OC[C@@]23CCCN2C[C@H](F)C3)nc2c(F)c(-c3cc(O)cc4cccc(F)c34)ccc2c1N1CCC2(CC2)C1. The van der Waals surface area contributed by atoms with Gasteiger partial charge in [-0.2, -0.15) is 5.26 Å². The number of anilines is 1. The maximum Gasteiger partial charge on any atom is 0.234 e. The standard InChI is InChI=1S/C34H31F3N4O2/c35-21-15-34(7-2-11-41(34)17-21)19-43-32-26(16-38)31(40-12-10-33(18-40)8-9-33)24-6-5-23(29(37)30(24)39-32)25-14-22(42)13-20-3-1-4-27(36)28(20)25/h1,3-6,13-14,21,42H,2,7-12,15,17-19H2/t21-,34+/m1/s1. The number of nitriles is 1. The molecule has 1 aliphatic carbocycles. The van der Waals surface area contributed by atoms with E-state index in [1.165, 1.54) is 18.2 Å². The highest BCUT2D eigenvalue weighted by Gasteiger charge is 2.50. The molecule has 1 aromatic heterocycles. The average molecular weight is 585 g/mol. The summed E-state index contributed by atoms with van der Waals surface area (Å²) in [6.45, 7) is 2.84. The summed E-state index contributed by atoms with van der Waals surface area (Å²) in [5, 5.41) is 22.0. The molecule has 4 aliphatic rings. The van der Waals surface area contributed by atoms with E-state index in [0.29, 0.717) is 29.4 Å². The number of ether oxygens (including phenoxy) is 1. The lowest BCUT2D eigenvalue weighted by atomic mass is 9.94. The van der Waals surface area contributed by atoms with Crippen LogP contribution in [0.2, 0.25) is 0 Å². The summed E-state index contributed by atoms with van der Waals surface area (Å²) in [5.41, 5.74) is 0.935. The van der Waals surface area contributed by atoms with Crippen molar-refractivity contribution in [3.8, 4) is 28.8 Å². The van der Waals surface area contributed by atoms with Crippen molar-refractivity contribution in [3.63, 3.8) is 0 Å². The number of nitrogens with zero attached hydrogens (tertiary/aromatic N) is 4. The number of fused-ring (bicyclic) bond motifs is 3. The molecule has 0 unspecified atom stereocenters. The second kappa shape index (κ2) is 9.48. The van der Waals surface area contributed by atoms with Crippen molar-refractivity contribution in [3.05, 3.63) is 59.7 Å². The van der Waals surface area contributed by atoms with Crippen LogP contribution >= 0.6 is 0 Å². The predicted molar refractivity (Wildman–Crippen MR) is 158 cm³/mol. The monoisotopic (exact) mass is 584 g/mol. The van der Waals surface area contributed by atoms with Crippen LogP contribution in [0.5, 0.6) is 11.6 Å². The first-order valence-corrected chi connectivity index (χ1v) is 15.0. The molecule has 43 heavy (non-hydrogen) atoms. The lowest BCUT2D eigenvalue weighted by Crippen LogP contribution is -2.43. The number of halogens is 3. The Labute approximate surface area is 247 Å². The number of phenolic OH excluding ortho intramolecular Hbond substituents is 1. The highest BCUT2D eigenvalue weighted by atomic mass is 19.1. The molecule has 3 aromatic carbocycles. The summed E-state index contributed by atoms with van der Waals surface area (Å²) in [4.78, 5) is 8.90. The van der Waals surface area contributed by atoms with Crippen LogP contribution in [0, 0.1) is 28.4 Å². The van der Waals surface area contributed by atoms with E-state index in [2.05, 4.69) is 20.9 Å². The highest BCUT2D eigenvalue weighted by molar-refractivity contribution is 6.03. The number of aromatic nitrogens is 1. The van der Waals surface area contributed by atoms with Gasteiger partial charge in [-0.15, -0.1) is 0 Å². The Hall–Kier alpha value is -4.03. The van der Waals surface area contributed by atoms with Crippen LogP contribution in [0.4, 0.5) is 18.9 Å². The normalized spacial score (nSPS) is 24.2. The molecule has 8 rings (SSSR count). The van der Waals surface area contributed by atoms with E-state index in [4.69, 9.17) is 4.74 Å². The smallest absolute Gasteiger partial charge is 0.234 e. The summed E-state index contributed by atoms with van der Waals surface area (Å²) in [6, 6.07) is 12.9. The number of benzene rings is 3. The maximum absolute atomic E-state index is 16.7. The molecular formula is C34H31F3N4O2. The molecule has 9 heteroatoms. The van der Waals surface area contributed by atoms with Gasteiger partial charge in [-0.05, 0) is 79.3 Å². The summed E-state index contributed by atoms with van der Waals surface area (Å²) < 4.78 is 52.6. The second-order valence-electron chi connectivity index (χ2n) is 12.9. The van der Waals surface area contributed by atoms with Gasteiger partial charge in [-0.3, -0.25) is 4.90 Å². The summed E-state index contributed by atoms with van der Waals surface area (Å²) in [6.07, 6.45) is 4.43. The van der Waals surface area contributed by atoms with E-state index in [9.17, 15) is 14.8 Å². The number of pyridine rings is 1. The highest BCUT2D eigenvalue weighted by Crippen LogP contribution is 2.55. The predicted octanol–water partition coefficient (Wildman–Crippen LogP) is 6.86. The number of aromatic hydroxyl groups is 1.